The Kier molecular flexibility index (Phi) is 17.9. The zero-order valence-electron chi connectivity index (χ0n) is 23.2. The molecule has 14 nitrogen and oxygen atoms in total. The first-order valence-electron chi connectivity index (χ1n) is 13.8. The van der Waals surface area contributed by atoms with Crippen molar-refractivity contribution in [3.05, 3.63) is 0 Å². The standard InChI is InChI=1S/C26H44N4O10/c1-2-27-23(33)17-40-15-14-39-13-12-28-22(32)11-10-20(26(37)38)30-25(36)19-8-6-18(7-9-19)16-29-21(31)4-3-5-24(34)35/h18-20H,2-17H2,1H3,(H,27,33)(H,28,32)(H,29,31)(H,30,36)(H,34,35)(H,37,38). The van der Waals surface area contributed by atoms with Crippen LogP contribution in [-0.2, 0) is 38.2 Å². The molecule has 0 radical (unpaired) electrons. The van der Waals surface area contributed by atoms with Crippen molar-refractivity contribution in [2.75, 3.05) is 46.1 Å². The lowest BCUT2D eigenvalue weighted by molar-refractivity contribution is -0.143. The van der Waals surface area contributed by atoms with Gasteiger partial charge in [0.25, 0.3) is 0 Å². The van der Waals surface area contributed by atoms with Gasteiger partial charge in [-0.1, -0.05) is 0 Å². The molecular weight excluding hydrogens is 528 g/mol. The smallest absolute Gasteiger partial charge is 0.326 e. The number of amides is 4. The van der Waals surface area contributed by atoms with Gasteiger partial charge in [0.2, 0.25) is 23.6 Å². The molecular formula is C26H44N4O10. The molecule has 0 aromatic carbocycles. The van der Waals surface area contributed by atoms with Crippen LogP contribution in [0.1, 0.15) is 64.7 Å². The molecule has 1 rings (SSSR count). The summed E-state index contributed by atoms with van der Waals surface area (Å²) < 4.78 is 10.4. The molecule has 1 saturated carbocycles. The fourth-order valence-electron chi connectivity index (χ4n) is 4.18. The average molecular weight is 573 g/mol. The monoisotopic (exact) mass is 572 g/mol. The van der Waals surface area contributed by atoms with E-state index < -0.39 is 18.0 Å². The summed E-state index contributed by atoms with van der Waals surface area (Å²) in [6, 6.07) is -1.18. The molecule has 14 heteroatoms. The minimum atomic E-state index is -1.21. The van der Waals surface area contributed by atoms with Crippen LogP contribution in [0, 0.1) is 11.8 Å². The number of carbonyl (C=O) groups is 6. The number of ether oxygens (including phenoxy) is 2. The summed E-state index contributed by atoms with van der Waals surface area (Å²) >= 11 is 0. The first-order valence-corrected chi connectivity index (χ1v) is 13.8. The molecule has 1 aliphatic carbocycles. The molecule has 0 spiro atoms. The van der Waals surface area contributed by atoms with E-state index in [0.717, 1.165) is 0 Å². The molecule has 40 heavy (non-hydrogen) atoms. The number of likely N-dealkylation sites (N-methyl/N-ethyl adjacent to an activating group) is 1. The van der Waals surface area contributed by atoms with Gasteiger partial charge >= 0.3 is 11.9 Å². The summed E-state index contributed by atoms with van der Waals surface area (Å²) in [5, 5.41) is 28.7. The van der Waals surface area contributed by atoms with Crippen molar-refractivity contribution in [2.24, 2.45) is 11.8 Å². The van der Waals surface area contributed by atoms with Crippen LogP contribution in [0.5, 0.6) is 0 Å². The van der Waals surface area contributed by atoms with Gasteiger partial charge in [-0.25, -0.2) is 4.79 Å². The molecule has 0 saturated heterocycles. The van der Waals surface area contributed by atoms with Crippen LogP contribution in [0.15, 0.2) is 0 Å². The third-order valence-corrected chi connectivity index (χ3v) is 6.42. The summed E-state index contributed by atoms with van der Waals surface area (Å²) in [5.74, 6) is -3.39. The zero-order valence-corrected chi connectivity index (χ0v) is 23.2. The van der Waals surface area contributed by atoms with Gasteiger partial charge in [-0.3, -0.25) is 24.0 Å². The van der Waals surface area contributed by atoms with Crippen LogP contribution in [0.2, 0.25) is 0 Å². The van der Waals surface area contributed by atoms with Gasteiger partial charge < -0.3 is 41.0 Å². The summed E-state index contributed by atoms with van der Waals surface area (Å²) in [6.45, 7) is 3.71. The molecule has 1 fully saturated rings. The number of nitrogens with one attached hydrogen (secondary N) is 4. The van der Waals surface area contributed by atoms with Gasteiger partial charge in [0.1, 0.15) is 12.6 Å². The van der Waals surface area contributed by atoms with Crippen molar-refractivity contribution in [1.82, 2.24) is 21.3 Å². The maximum atomic E-state index is 12.7. The summed E-state index contributed by atoms with van der Waals surface area (Å²) in [6.07, 6.45) is 2.80. The quantitative estimate of drug-likeness (QED) is 0.0998. The van der Waals surface area contributed by atoms with Crippen molar-refractivity contribution in [1.29, 1.82) is 0 Å². The Hall–Kier alpha value is -3.26. The van der Waals surface area contributed by atoms with Gasteiger partial charge in [-0.05, 0) is 51.4 Å². The van der Waals surface area contributed by atoms with Gasteiger partial charge in [-0.15, -0.1) is 0 Å². The second-order valence-electron chi connectivity index (χ2n) is 9.68. The Bertz CT molecular complexity index is 830. The number of rotatable bonds is 21. The first kappa shape index (κ1) is 34.8. The van der Waals surface area contributed by atoms with Crippen molar-refractivity contribution < 1.29 is 48.5 Å². The highest BCUT2D eigenvalue weighted by Crippen LogP contribution is 2.28. The highest BCUT2D eigenvalue weighted by atomic mass is 16.5. The number of carboxylic acids is 2. The third kappa shape index (κ3) is 16.6. The second-order valence-corrected chi connectivity index (χ2v) is 9.68. The minimum Gasteiger partial charge on any atom is -0.481 e. The maximum absolute atomic E-state index is 12.7. The van der Waals surface area contributed by atoms with E-state index in [1.165, 1.54) is 0 Å². The highest BCUT2D eigenvalue weighted by molar-refractivity contribution is 5.85. The van der Waals surface area contributed by atoms with Gasteiger partial charge in [-0.2, -0.15) is 0 Å². The van der Waals surface area contributed by atoms with E-state index >= 15 is 0 Å². The largest absolute Gasteiger partial charge is 0.481 e. The van der Waals surface area contributed by atoms with Crippen LogP contribution in [0.25, 0.3) is 0 Å². The Balaban J connectivity index is 2.20. The van der Waals surface area contributed by atoms with Crippen LogP contribution < -0.4 is 21.3 Å². The van der Waals surface area contributed by atoms with Crippen molar-refractivity contribution in [2.45, 2.75) is 70.8 Å². The van der Waals surface area contributed by atoms with E-state index in [1.807, 2.05) is 6.92 Å². The SMILES string of the molecule is CCNC(=O)COCCOCCNC(=O)CCC(NC(=O)C1CCC(CNC(=O)CCCC(=O)O)CC1)C(=O)O. The van der Waals surface area contributed by atoms with Crippen LogP contribution in [0.4, 0.5) is 0 Å². The molecule has 6 N–H and O–H groups in total. The van der Waals surface area contributed by atoms with Crippen LogP contribution in [0.3, 0.4) is 0 Å². The zero-order chi connectivity index (χ0) is 29.8. The predicted octanol–water partition coefficient (Wildman–Crippen LogP) is -0.201. The first-order chi connectivity index (χ1) is 19.1. The number of hydrogen-bond acceptors (Lipinski definition) is 8. The summed E-state index contributed by atoms with van der Waals surface area (Å²) in [5.41, 5.74) is 0. The molecule has 0 heterocycles. The lowest BCUT2D eigenvalue weighted by Crippen LogP contribution is -2.45. The number of aliphatic carboxylic acids is 2. The van der Waals surface area contributed by atoms with Crippen molar-refractivity contribution >= 4 is 35.6 Å². The van der Waals surface area contributed by atoms with E-state index in [4.69, 9.17) is 14.6 Å². The molecule has 1 atom stereocenters. The number of hydrogen-bond donors (Lipinski definition) is 6. The molecule has 228 valence electrons. The normalized spacial score (nSPS) is 17.3. The summed E-state index contributed by atoms with van der Waals surface area (Å²) in [4.78, 5) is 69.9. The van der Waals surface area contributed by atoms with Gasteiger partial charge in [0.05, 0.1) is 19.8 Å². The fourth-order valence-corrected chi connectivity index (χ4v) is 4.18. The Morgan fingerprint density at radius 1 is 0.800 bits per heavy atom. The summed E-state index contributed by atoms with van der Waals surface area (Å²) in [7, 11) is 0. The maximum Gasteiger partial charge on any atom is 0.326 e. The Morgan fingerprint density at radius 2 is 1.48 bits per heavy atom. The molecule has 0 aromatic rings. The topological polar surface area (TPSA) is 209 Å². The van der Waals surface area contributed by atoms with E-state index in [0.29, 0.717) is 38.8 Å². The van der Waals surface area contributed by atoms with E-state index in [-0.39, 0.29) is 101 Å². The molecule has 1 aliphatic rings. The highest BCUT2D eigenvalue weighted by Gasteiger charge is 2.29. The Morgan fingerprint density at radius 3 is 2.12 bits per heavy atom. The van der Waals surface area contributed by atoms with Crippen molar-refractivity contribution in [3.8, 4) is 0 Å². The fraction of sp³-hybridized carbons (Fsp3) is 0.769. The molecule has 4 amide bonds. The average Bonchev–Trinajstić information content (AvgIpc) is 2.91. The Labute approximate surface area is 234 Å². The number of carbonyl (C=O) groups excluding carboxylic acids is 4. The van der Waals surface area contributed by atoms with Crippen LogP contribution >= 0.6 is 0 Å². The lowest BCUT2D eigenvalue weighted by atomic mass is 9.81. The number of carboxylic acid groups (broad SMARTS) is 2. The van der Waals surface area contributed by atoms with Crippen molar-refractivity contribution in [3.63, 3.8) is 0 Å². The van der Waals surface area contributed by atoms with E-state index in [9.17, 15) is 33.9 Å². The van der Waals surface area contributed by atoms with E-state index in [2.05, 4.69) is 21.3 Å². The predicted molar refractivity (Wildman–Crippen MR) is 142 cm³/mol. The molecule has 1 unspecified atom stereocenters. The van der Waals surface area contributed by atoms with E-state index in [1.54, 1.807) is 0 Å². The third-order valence-electron chi connectivity index (χ3n) is 6.42. The minimum absolute atomic E-state index is 0.0467. The van der Waals surface area contributed by atoms with Crippen LogP contribution in [-0.4, -0.2) is 97.9 Å². The molecule has 0 aromatic heterocycles. The van der Waals surface area contributed by atoms with Gasteiger partial charge in [0.15, 0.2) is 0 Å². The second kappa shape index (κ2) is 20.6. The molecule has 0 aliphatic heterocycles. The molecule has 0 bridgehead atoms. The van der Waals surface area contributed by atoms with Gasteiger partial charge in [0, 0.05) is 44.8 Å². The lowest BCUT2D eigenvalue weighted by Gasteiger charge is -2.28.